The van der Waals surface area contributed by atoms with Gasteiger partial charge < -0.3 is 9.47 Å². The van der Waals surface area contributed by atoms with Crippen molar-refractivity contribution < 1.29 is 9.47 Å². The van der Waals surface area contributed by atoms with E-state index in [0.29, 0.717) is 0 Å². The highest BCUT2D eigenvalue weighted by atomic mass is 32.1. The van der Waals surface area contributed by atoms with Crippen molar-refractivity contribution >= 4 is 23.4 Å². The third-order valence-electron chi connectivity index (χ3n) is 2.70. The molecule has 0 amide bonds. The zero-order valence-corrected chi connectivity index (χ0v) is 10.8. The number of ether oxygens (including phenoxy) is 2. The quantitative estimate of drug-likeness (QED) is 0.845. The summed E-state index contributed by atoms with van der Waals surface area (Å²) in [5.74, 6) is 2.25. The van der Waals surface area contributed by atoms with Crippen LogP contribution in [0.5, 0.6) is 11.5 Å². The van der Waals surface area contributed by atoms with Crippen molar-refractivity contribution in [3.63, 3.8) is 0 Å². The highest BCUT2D eigenvalue weighted by Gasteiger charge is 2.09. The summed E-state index contributed by atoms with van der Waals surface area (Å²) < 4.78 is 10.6. The van der Waals surface area contributed by atoms with E-state index >= 15 is 0 Å². The third-order valence-corrected chi connectivity index (χ3v) is 2.92. The first-order chi connectivity index (χ1) is 8.30. The largest absolute Gasteiger partial charge is 0.493 e. The molecule has 1 heterocycles. The highest BCUT2D eigenvalue weighted by Crippen LogP contribution is 2.33. The predicted molar refractivity (Wildman–Crippen MR) is 72.4 cm³/mol. The van der Waals surface area contributed by atoms with Gasteiger partial charge in [0, 0.05) is 17.3 Å². The number of hydrogen-bond donors (Lipinski definition) is 1. The molecule has 1 aromatic heterocycles. The number of fused-ring (bicyclic) bond motifs is 1. The standard InChI is InChI=1S/C13H15NO2S/c1-15-12-7-9-3-5-14-11(4-6-17)10(9)8-13(12)16-2/h3,5,7-8,17H,4,6H2,1-2H3. The van der Waals surface area contributed by atoms with Crippen molar-refractivity contribution in [1.82, 2.24) is 4.98 Å². The molecule has 0 aliphatic carbocycles. The van der Waals surface area contributed by atoms with Crippen molar-refractivity contribution in [2.45, 2.75) is 6.42 Å². The van der Waals surface area contributed by atoms with Gasteiger partial charge in [0.05, 0.1) is 14.2 Å². The number of pyridine rings is 1. The highest BCUT2D eigenvalue weighted by molar-refractivity contribution is 7.80. The van der Waals surface area contributed by atoms with E-state index in [9.17, 15) is 0 Å². The second-order valence-electron chi connectivity index (χ2n) is 3.66. The Balaban J connectivity index is 2.64. The minimum atomic E-state index is 0.730. The molecule has 0 atom stereocenters. The Morgan fingerprint density at radius 3 is 2.53 bits per heavy atom. The summed E-state index contributed by atoms with van der Waals surface area (Å²) in [4.78, 5) is 4.38. The Bertz CT molecular complexity index is 528. The maximum Gasteiger partial charge on any atom is 0.161 e. The van der Waals surface area contributed by atoms with Gasteiger partial charge in [0.1, 0.15) is 0 Å². The zero-order chi connectivity index (χ0) is 12.3. The lowest BCUT2D eigenvalue weighted by molar-refractivity contribution is 0.356. The normalized spacial score (nSPS) is 10.5. The molecule has 0 spiro atoms. The lowest BCUT2D eigenvalue weighted by Gasteiger charge is -2.11. The lowest BCUT2D eigenvalue weighted by atomic mass is 10.1. The molecule has 0 saturated heterocycles. The van der Waals surface area contributed by atoms with Crippen LogP contribution < -0.4 is 9.47 Å². The Morgan fingerprint density at radius 1 is 1.18 bits per heavy atom. The summed E-state index contributed by atoms with van der Waals surface area (Å²) in [6, 6.07) is 5.91. The maximum atomic E-state index is 5.31. The maximum absolute atomic E-state index is 5.31. The molecule has 0 N–H and O–H groups in total. The van der Waals surface area contributed by atoms with Crippen molar-refractivity contribution in [2.24, 2.45) is 0 Å². The third kappa shape index (κ3) is 2.31. The fraction of sp³-hybridized carbons (Fsp3) is 0.308. The molecule has 0 radical (unpaired) electrons. The molecular formula is C13H15NO2S. The Kier molecular flexibility index (Phi) is 3.74. The van der Waals surface area contributed by atoms with Crippen LogP contribution in [-0.4, -0.2) is 25.0 Å². The smallest absolute Gasteiger partial charge is 0.161 e. The summed E-state index contributed by atoms with van der Waals surface area (Å²) in [7, 11) is 3.28. The number of hydrogen-bond acceptors (Lipinski definition) is 4. The second-order valence-corrected chi connectivity index (χ2v) is 4.11. The van der Waals surface area contributed by atoms with Crippen LogP contribution in [0, 0.1) is 0 Å². The van der Waals surface area contributed by atoms with Crippen LogP contribution in [-0.2, 0) is 6.42 Å². The predicted octanol–water partition coefficient (Wildman–Crippen LogP) is 2.72. The number of aryl methyl sites for hydroxylation is 1. The van der Waals surface area contributed by atoms with Crippen LogP contribution in [0.1, 0.15) is 5.69 Å². The number of aromatic nitrogens is 1. The monoisotopic (exact) mass is 249 g/mol. The molecule has 0 saturated carbocycles. The van der Waals surface area contributed by atoms with Gasteiger partial charge in [-0.15, -0.1) is 0 Å². The summed E-state index contributed by atoms with van der Waals surface area (Å²) in [5.41, 5.74) is 1.04. The lowest BCUT2D eigenvalue weighted by Crippen LogP contribution is -1.95. The average Bonchev–Trinajstić information content (AvgIpc) is 2.38. The van der Waals surface area contributed by atoms with Crippen LogP contribution in [0.25, 0.3) is 10.8 Å². The molecular weight excluding hydrogens is 234 g/mol. The minimum Gasteiger partial charge on any atom is -0.493 e. The Hall–Kier alpha value is -1.42. The molecule has 4 heteroatoms. The molecule has 0 unspecified atom stereocenters. The fourth-order valence-electron chi connectivity index (χ4n) is 1.86. The molecule has 2 rings (SSSR count). The molecule has 0 aliphatic heterocycles. The van der Waals surface area contributed by atoms with Crippen LogP contribution in [0.15, 0.2) is 24.4 Å². The fourth-order valence-corrected chi connectivity index (χ4v) is 2.08. The van der Waals surface area contributed by atoms with E-state index in [1.54, 1.807) is 14.2 Å². The van der Waals surface area contributed by atoms with Gasteiger partial charge in [0.15, 0.2) is 11.5 Å². The van der Waals surface area contributed by atoms with E-state index < -0.39 is 0 Å². The van der Waals surface area contributed by atoms with Gasteiger partial charge >= 0.3 is 0 Å². The van der Waals surface area contributed by atoms with Gasteiger partial charge in [-0.1, -0.05) is 0 Å². The van der Waals surface area contributed by atoms with E-state index in [2.05, 4.69) is 17.6 Å². The van der Waals surface area contributed by atoms with Gasteiger partial charge in [-0.05, 0) is 35.8 Å². The first-order valence-corrected chi connectivity index (χ1v) is 6.04. The first kappa shape index (κ1) is 12.0. The molecule has 2 aromatic rings. The van der Waals surface area contributed by atoms with Gasteiger partial charge in [-0.25, -0.2) is 0 Å². The van der Waals surface area contributed by atoms with E-state index in [1.165, 1.54) is 0 Å². The van der Waals surface area contributed by atoms with Crippen molar-refractivity contribution in [1.29, 1.82) is 0 Å². The van der Waals surface area contributed by atoms with Gasteiger partial charge in [-0.3, -0.25) is 4.98 Å². The van der Waals surface area contributed by atoms with E-state index in [0.717, 1.165) is 40.1 Å². The van der Waals surface area contributed by atoms with Crippen molar-refractivity contribution in [3.8, 4) is 11.5 Å². The minimum absolute atomic E-state index is 0.730. The van der Waals surface area contributed by atoms with Gasteiger partial charge in [-0.2, -0.15) is 12.6 Å². The number of nitrogens with zero attached hydrogens (tertiary/aromatic N) is 1. The topological polar surface area (TPSA) is 31.4 Å². The van der Waals surface area contributed by atoms with Gasteiger partial charge in [0.2, 0.25) is 0 Å². The Morgan fingerprint density at radius 2 is 1.88 bits per heavy atom. The number of rotatable bonds is 4. The van der Waals surface area contributed by atoms with Crippen LogP contribution in [0.3, 0.4) is 0 Å². The average molecular weight is 249 g/mol. The van der Waals surface area contributed by atoms with Crippen LogP contribution in [0.2, 0.25) is 0 Å². The summed E-state index contributed by atoms with van der Waals surface area (Å²) >= 11 is 4.25. The van der Waals surface area contributed by atoms with Crippen molar-refractivity contribution in [2.75, 3.05) is 20.0 Å². The zero-order valence-electron chi connectivity index (χ0n) is 9.93. The van der Waals surface area contributed by atoms with E-state index in [-0.39, 0.29) is 0 Å². The van der Waals surface area contributed by atoms with Crippen molar-refractivity contribution in [3.05, 3.63) is 30.1 Å². The first-order valence-electron chi connectivity index (χ1n) is 5.40. The molecule has 0 bridgehead atoms. The van der Waals surface area contributed by atoms with Crippen LogP contribution in [0.4, 0.5) is 0 Å². The molecule has 90 valence electrons. The molecule has 0 fully saturated rings. The van der Waals surface area contributed by atoms with E-state index in [4.69, 9.17) is 9.47 Å². The van der Waals surface area contributed by atoms with E-state index in [1.807, 2.05) is 24.4 Å². The SMILES string of the molecule is COc1cc2ccnc(CCS)c2cc1OC. The number of benzene rings is 1. The number of thiol groups is 1. The van der Waals surface area contributed by atoms with Crippen LogP contribution >= 0.6 is 12.6 Å². The summed E-state index contributed by atoms with van der Waals surface area (Å²) in [6.07, 6.45) is 2.66. The molecule has 17 heavy (non-hydrogen) atoms. The second kappa shape index (κ2) is 5.27. The summed E-state index contributed by atoms with van der Waals surface area (Å²) in [6.45, 7) is 0. The van der Waals surface area contributed by atoms with Gasteiger partial charge in [0.25, 0.3) is 0 Å². The Labute approximate surface area is 106 Å². The summed E-state index contributed by atoms with van der Waals surface area (Å²) in [5, 5.41) is 2.20. The molecule has 0 aliphatic rings. The number of methoxy groups -OCH3 is 2. The molecule has 1 aromatic carbocycles. The molecule has 3 nitrogen and oxygen atoms in total.